The monoisotopic (exact) mass is 356 g/mol. The minimum absolute atomic E-state index is 0.197. The van der Waals surface area contributed by atoms with E-state index in [9.17, 15) is 9.59 Å². The van der Waals surface area contributed by atoms with Crippen molar-refractivity contribution in [1.82, 2.24) is 5.32 Å². The van der Waals surface area contributed by atoms with Gasteiger partial charge in [0.15, 0.2) is 11.5 Å². The number of benzene rings is 2. The number of nitrogens with two attached hydrogens (primary N) is 1. The molecule has 0 aliphatic heterocycles. The van der Waals surface area contributed by atoms with Crippen molar-refractivity contribution in [3.63, 3.8) is 0 Å². The Kier molecular flexibility index (Phi) is 7.02. The molecule has 2 aromatic rings. The first kappa shape index (κ1) is 19.3. The van der Waals surface area contributed by atoms with Crippen LogP contribution in [0.3, 0.4) is 0 Å². The summed E-state index contributed by atoms with van der Waals surface area (Å²) >= 11 is 0. The number of hydrogen-bond donors (Lipinski definition) is 2. The molecule has 6 heteroatoms. The molecule has 6 nitrogen and oxygen atoms in total. The summed E-state index contributed by atoms with van der Waals surface area (Å²) in [6.07, 6.45) is 0.664. The van der Waals surface area contributed by atoms with Crippen molar-refractivity contribution >= 4 is 11.8 Å². The van der Waals surface area contributed by atoms with Gasteiger partial charge in [0.05, 0.1) is 13.2 Å². The number of carbonyl (C=O) groups is 2. The van der Waals surface area contributed by atoms with Crippen molar-refractivity contribution in [2.45, 2.75) is 20.3 Å². The van der Waals surface area contributed by atoms with E-state index in [2.05, 4.69) is 5.32 Å². The maximum absolute atomic E-state index is 12.2. The fraction of sp³-hybridized carbons (Fsp3) is 0.300. The molecular weight excluding hydrogens is 332 g/mol. The van der Waals surface area contributed by atoms with Crippen molar-refractivity contribution < 1.29 is 19.1 Å². The van der Waals surface area contributed by atoms with Gasteiger partial charge in [0.2, 0.25) is 5.91 Å². The molecule has 0 aliphatic carbocycles. The van der Waals surface area contributed by atoms with Crippen molar-refractivity contribution in [3.8, 4) is 11.5 Å². The van der Waals surface area contributed by atoms with Crippen LogP contribution in [0.2, 0.25) is 0 Å². The van der Waals surface area contributed by atoms with Gasteiger partial charge in [-0.05, 0) is 62.2 Å². The second kappa shape index (κ2) is 9.46. The minimum Gasteiger partial charge on any atom is -0.490 e. The van der Waals surface area contributed by atoms with E-state index < -0.39 is 5.91 Å². The molecule has 2 amide bonds. The van der Waals surface area contributed by atoms with E-state index in [0.29, 0.717) is 43.1 Å². The standard InChI is InChI=1S/C20H24N2O4/c1-3-25-17-10-5-14(13-18(17)26-4-2)11-12-22-20(24)16-8-6-15(7-9-16)19(21)23/h5-10,13H,3-4,11-12H2,1-2H3,(H2,21,23)(H,22,24). The van der Waals surface area contributed by atoms with Crippen molar-refractivity contribution in [2.75, 3.05) is 19.8 Å². The maximum atomic E-state index is 12.2. The minimum atomic E-state index is -0.516. The van der Waals surface area contributed by atoms with E-state index in [4.69, 9.17) is 15.2 Å². The lowest BCUT2D eigenvalue weighted by molar-refractivity contribution is 0.0951. The summed E-state index contributed by atoms with van der Waals surface area (Å²) in [4.78, 5) is 23.2. The van der Waals surface area contributed by atoms with Crippen LogP contribution in [0.5, 0.6) is 11.5 Å². The van der Waals surface area contributed by atoms with E-state index in [1.54, 1.807) is 12.1 Å². The summed E-state index contributed by atoms with van der Waals surface area (Å²) in [5.41, 5.74) is 7.09. The maximum Gasteiger partial charge on any atom is 0.251 e. The quantitative estimate of drug-likeness (QED) is 0.722. The van der Waals surface area contributed by atoms with E-state index >= 15 is 0 Å². The Morgan fingerprint density at radius 1 is 0.923 bits per heavy atom. The van der Waals surface area contributed by atoms with Gasteiger partial charge in [-0.15, -0.1) is 0 Å². The van der Waals surface area contributed by atoms with Gasteiger partial charge in [-0.1, -0.05) is 6.07 Å². The van der Waals surface area contributed by atoms with Gasteiger partial charge in [-0.2, -0.15) is 0 Å². The molecule has 0 saturated heterocycles. The summed E-state index contributed by atoms with van der Waals surface area (Å²) in [7, 11) is 0. The predicted molar refractivity (Wildman–Crippen MR) is 99.8 cm³/mol. The molecular formula is C20H24N2O4. The molecule has 0 atom stereocenters. The Labute approximate surface area is 153 Å². The van der Waals surface area contributed by atoms with Crippen LogP contribution >= 0.6 is 0 Å². The van der Waals surface area contributed by atoms with Gasteiger partial charge in [0.1, 0.15) is 0 Å². The smallest absolute Gasteiger partial charge is 0.251 e. The second-order valence-corrected chi connectivity index (χ2v) is 5.59. The first-order chi connectivity index (χ1) is 12.5. The molecule has 3 N–H and O–H groups in total. The molecule has 0 aromatic heterocycles. The third kappa shape index (κ3) is 5.24. The summed E-state index contributed by atoms with van der Waals surface area (Å²) in [5.74, 6) is 0.714. The molecule has 0 unspecified atom stereocenters. The van der Waals surface area contributed by atoms with Gasteiger partial charge in [-0.25, -0.2) is 0 Å². The Morgan fingerprint density at radius 2 is 1.54 bits per heavy atom. The van der Waals surface area contributed by atoms with Crippen LogP contribution in [0, 0.1) is 0 Å². The molecule has 0 saturated carbocycles. The van der Waals surface area contributed by atoms with Gasteiger partial charge in [-0.3, -0.25) is 9.59 Å². The molecule has 138 valence electrons. The molecule has 0 aliphatic rings. The first-order valence-electron chi connectivity index (χ1n) is 8.61. The van der Waals surface area contributed by atoms with Crippen LogP contribution in [-0.4, -0.2) is 31.6 Å². The van der Waals surface area contributed by atoms with Crippen LogP contribution in [0.25, 0.3) is 0 Å². The number of primary amides is 1. The van der Waals surface area contributed by atoms with E-state index in [0.717, 1.165) is 11.3 Å². The summed E-state index contributed by atoms with van der Waals surface area (Å²) in [6.45, 7) is 5.46. The molecule has 26 heavy (non-hydrogen) atoms. The lowest BCUT2D eigenvalue weighted by Gasteiger charge is -2.12. The average Bonchev–Trinajstić information content (AvgIpc) is 2.64. The topological polar surface area (TPSA) is 90.6 Å². The number of nitrogens with one attached hydrogen (secondary N) is 1. The van der Waals surface area contributed by atoms with Crippen molar-refractivity contribution in [3.05, 3.63) is 59.2 Å². The number of carbonyl (C=O) groups excluding carboxylic acids is 2. The van der Waals surface area contributed by atoms with Gasteiger partial charge < -0.3 is 20.5 Å². The third-order valence-electron chi connectivity index (χ3n) is 3.74. The summed E-state index contributed by atoms with van der Waals surface area (Å²) in [6, 6.07) is 12.0. The van der Waals surface area contributed by atoms with E-state index in [1.165, 1.54) is 12.1 Å². The highest BCUT2D eigenvalue weighted by Crippen LogP contribution is 2.28. The number of rotatable bonds is 9. The number of amides is 2. The lowest BCUT2D eigenvalue weighted by atomic mass is 10.1. The van der Waals surface area contributed by atoms with E-state index in [-0.39, 0.29) is 5.91 Å². The third-order valence-corrected chi connectivity index (χ3v) is 3.74. The molecule has 0 spiro atoms. The Hall–Kier alpha value is -3.02. The van der Waals surface area contributed by atoms with Crippen molar-refractivity contribution in [1.29, 1.82) is 0 Å². The van der Waals surface area contributed by atoms with Gasteiger partial charge >= 0.3 is 0 Å². The second-order valence-electron chi connectivity index (χ2n) is 5.59. The molecule has 2 aromatic carbocycles. The van der Waals surface area contributed by atoms with E-state index in [1.807, 2.05) is 32.0 Å². The van der Waals surface area contributed by atoms with Gasteiger partial charge in [0, 0.05) is 17.7 Å². The number of hydrogen-bond acceptors (Lipinski definition) is 4. The molecule has 0 fully saturated rings. The Bertz CT molecular complexity index is 757. The molecule has 0 bridgehead atoms. The summed E-state index contributed by atoms with van der Waals surface area (Å²) in [5, 5.41) is 2.86. The Balaban J connectivity index is 1.93. The zero-order chi connectivity index (χ0) is 18.9. The van der Waals surface area contributed by atoms with Crippen molar-refractivity contribution in [2.24, 2.45) is 5.73 Å². The number of ether oxygens (including phenoxy) is 2. The van der Waals surface area contributed by atoms with Crippen LogP contribution in [0.15, 0.2) is 42.5 Å². The average molecular weight is 356 g/mol. The zero-order valence-electron chi connectivity index (χ0n) is 15.1. The van der Waals surface area contributed by atoms with Gasteiger partial charge in [0.25, 0.3) is 5.91 Å². The predicted octanol–water partition coefficient (Wildman–Crippen LogP) is 2.56. The Morgan fingerprint density at radius 3 is 2.15 bits per heavy atom. The van der Waals surface area contributed by atoms with Crippen LogP contribution in [0.1, 0.15) is 40.1 Å². The SMILES string of the molecule is CCOc1ccc(CCNC(=O)c2ccc(C(N)=O)cc2)cc1OCC. The first-order valence-corrected chi connectivity index (χ1v) is 8.61. The molecule has 0 radical (unpaired) electrons. The highest BCUT2D eigenvalue weighted by molar-refractivity contribution is 5.97. The largest absolute Gasteiger partial charge is 0.490 e. The fourth-order valence-corrected chi connectivity index (χ4v) is 2.46. The molecule has 0 heterocycles. The summed E-state index contributed by atoms with van der Waals surface area (Å²) < 4.78 is 11.2. The zero-order valence-corrected chi connectivity index (χ0v) is 15.1. The fourth-order valence-electron chi connectivity index (χ4n) is 2.46. The van der Waals surface area contributed by atoms with Crippen LogP contribution in [-0.2, 0) is 6.42 Å². The van der Waals surface area contributed by atoms with Crippen LogP contribution in [0.4, 0.5) is 0 Å². The lowest BCUT2D eigenvalue weighted by Crippen LogP contribution is -2.25. The highest BCUT2D eigenvalue weighted by Gasteiger charge is 2.09. The highest BCUT2D eigenvalue weighted by atomic mass is 16.5. The normalized spacial score (nSPS) is 10.2. The van der Waals surface area contributed by atoms with Crippen LogP contribution < -0.4 is 20.5 Å². The molecule has 2 rings (SSSR count).